The first kappa shape index (κ1) is 25.5. The zero-order valence-corrected chi connectivity index (χ0v) is 17.5. The first-order valence-electron chi connectivity index (χ1n) is 5.21. The van der Waals surface area contributed by atoms with Gasteiger partial charge in [0.05, 0.1) is 32.3 Å². The van der Waals surface area contributed by atoms with Gasteiger partial charge in [0.2, 0.25) is 0 Å². The van der Waals surface area contributed by atoms with Crippen LogP contribution in [0.1, 0.15) is 0 Å². The molecule has 130 valence electrons. The molecule has 4 nitrogen and oxygen atoms in total. The Hall–Kier alpha value is 2.21. The Morgan fingerprint density at radius 3 is 0.952 bits per heavy atom. The SMILES string of the molecule is CN(C)P.ClC1C(Cl)C(Cl)C(Cl)C(Cl)C1Cl.O=P(O)(O)F. The summed E-state index contributed by atoms with van der Waals surface area (Å²) in [6, 6.07) is 0. The number of alkyl halides is 6. The maximum atomic E-state index is 10.4. The molecule has 0 aromatic heterocycles. The van der Waals surface area contributed by atoms with Gasteiger partial charge >= 0.3 is 7.91 Å². The molecule has 1 aliphatic rings. The molecular formula is C8H16Cl6FNO3P2. The summed E-state index contributed by atoms with van der Waals surface area (Å²) < 4.78 is 20.9. The van der Waals surface area contributed by atoms with Crippen LogP contribution in [-0.2, 0) is 4.57 Å². The first-order chi connectivity index (χ1) is 9.20. The summed E-state index contributed by atoms with van der Waals surface area (Å²) in [7, 11) is 1.28. The van der Waals surface area contributed by atoms with Crippen LogP contribution in [0.25, 0.3) is 0 Å². The Balaban J connectivity index is 0. The van der Waals surface area contributed by atoms with E-state index in [4.69, 9.17) is 84.0 Å². The minimum absolute atomic E-state index is 0.437. The van der Waals surface area contributed by atoms with Crippen molar-refractivity contribution in [2.24, 2.45) is 0 Å². The van der Waals surface area contributed by atoms with E-state index in [9.17, 15) is 4.20 Å². The second kappa shape index (κ2) is 11.7. The van der Waals surface area contributed by atoms with Gasteiger partial charge < -0.3 is 0 Å². The van der Waals surface area contributed by atoms with E-state index < -0.39 is 40.2 Å². The molecule has 2 N–H and O–H groups in total. The Kier molecular flexibility index (Phi) is 14.2. The van der Waals surface area contributed by atoms with Crippen LogP contribution in [0.5, 0.6) is 0 Å². The number of hydrogen-bond donors (Lipinski definition) is 2. The molecule has 0 spiro atoms. The van der Waals surface area contributed by atoms with Crippen molar-refractivity contribution in [2.45, 2.75) is 32.3 Å². The van der Waals surface area contributed by atoms with E-state index in [2.05, 4.69) is 9.39 Å². The topological polar surface area (TPSA) is 60.8 Å². The highest BCUT2D eigenvalue weighted by Crippen LogP contribution is 2.39. The third kappa shape index (κ3) is 13.2. The largest absolute Gasteiger partial charge is 0.507 e. The van der Waals surface area contributed by atoms with Crippen LogP contribution in [-0.4, -0.2) is 60.8 Å². The average molecular weight is 468 g/mol. The second-order valence-electron chi connectivity index (χ2n) is 4.10. The minimum atomic E-state index is -5.14. The molecule has 1 atom stereocenters. The van der Waals surface area contributed by atoms with Gasteiger partial charge in [-0.05, 0) is 14.1 Å². The van der Waals surface area contributed by atoms with Gasteiger partial charge in [0.1, 0.15) is 0 Å². The molecule has 0 bridgehead atoms. The van der Waals surface area contributed by atoms with Crippen LogP contribution in [0.4, 0.5) is 4.20 Å². The van der Waals surface area contributed by atoms with Crippen molar-refractivity contribution < 1.29 is 18.5 Å². The molecule has 1 saturated carbocycles. The van der Waals surface area contributed by atoms with Crippen LogP contribution >= 0.6 is 86.9 Å². The molecule has 1 unspecified atom stereocenters. The van der Waals surface area contributed by atoms with Gasteiger partial charge in [-0.25, -0.2) is 4.57 Å². The summed E-state index contributed by atoms with van der Waals surface area (Å²) in [5.41, 5.74) is 0. The quantitative estimate of drug-likeness (QED) is 0.417. The Labute approximate surface area is 156 Å². The fourth-order valence-electron chi connectivity index (χ4n) is 1.05. The van der Waals surface area contributed by atoms with E-state index in [-0.39, 0.29) is 0 Å². The molecule has 21 heavy (non-hydrogen) atoms. The third-order valence-corrected chi connectivity index (χ3v) is 5.86. The van der Waals surface area contributed by atoms with Crippen molar-refractivity contribution in [1.82, 2.24) is 4.67 Å². The molecule has 1 rings (SSSR count). The lowest BCUT2D eigenvalue weighted by Gasteiger charge is -2.37. The molecule has 1 aliphatic carbocycles. The molecule has 13 heteroatoms. The van der Waals surface area contributed by atoms with Crippen LogP contribution in [0, 0.1) is 0 Å². The highest BCUT2D eigenvalue weighted by Gasteiger charge is 2.46. The number of nitrogens with zero attached hydrogens (tertiary/aromatic N) is 1. The smallest absolute Gasteiger partial charge is 0.299 e. The summed E-state index contributed by atoms with van der Waals surface area (Å²) in [5.74, 6) is 0. The summed E-state index contributed by atoms with van der Waals surface area (Å²) in [5, 5.41) is -2.62. The van der Waals surface area contributed by atoms with Crippen LogP contribution in [0.3, 0.4) is 0 Å². The lowest BCUT2D eigenvalue weighted by molar-refractivity contribution is 0.322. The number of hydrogen-bond acceptors (Lipinski definition) is 2. The normalized spacial score (nSPS) is 36.2. The minimum Gasteiger partial charge on any atom is -0.299 e. The van der Waals surface area contributed by atoms with Gasteiger partial charge in [-0.3, -0.25) is 14.5 Å². The van der Waals surface area contributed by atoms with Gasteiger partial charge in [-0.1, -0.05) is 9.39 Å². The van der Waals surface area contributed by atoms with Crippen molar-refractivity contribution in [3.8, 4) is 0 Å². The summed E-state index contributed by atoms with van der Waals surface area (Å²) >= 11 is 35.3. The van der Waals surface area contributed by atoms with Crippen molar-refractivity contribution in [3.63, 3.8) is 0 Å². The summed E-state index contributed by atoms with van der Waals surface area (Å²) in [6.45, 7) is 0. The monoisotopic (exact) mass is 465 g/mol. The Bertz CT molecular complexity index is 270. The molecule has 0 radical (unpaired) electrons. The van der Waals surface area contributed by atoms with E-state index in [1.54, 1.807) is 0 Å². The predicted octanol–water partition coefficient (Wildman–Crippen LogP) is 4.03. The molecule has 0 heterocycles. The maximum absolute atomic E-state index is 10.4. The highest BCUT2D eigenvalue weighted by atomic mass is 35.5. The summed E-state index contributed by atoms with van der Waals surface area (Å²) in [4.78, 5) is 13.9. The fourth-order valence-corrected chi connectivity index (χ4v) is 3.38. The lowest BCUT2D eigenvalue weighted by atomic mass is 9.97. The van der Waals surface area contributed by atoms with Crippen molar-refractivity contribution >= 4 is 86.9 Å². The molecule has 0 amide bonds. The van der Waals surface area contributed by atoms with Crippen LogP contribution < -0.4 is 0 Å². The molecular weight excluding hydrogens is 452 g/mol. The van der Waals surface area contributed by atoms with Crippen LogP contribution in [0.2, 0.25) is 0 Å². The van der Waals surface area contributed by atoms with Gasteiger partial charge in [-0.15, -0.1) is 73.8 Å². The second-order valence-corrected chi connectivity index (χ2v) is 9.11. The molecule has 0 aromatic carbocycles. The number of rotatable bonds is 0. The van der Waals surface area contributed by atoms with E-state index in [0.717, 1.165) is 0 Å². The van der Waals surface area contributed by atoms with E-state index in [1.165, 1.54) is 0 Å². The zero-order chi connectivity index (χ0) is 17.5. The Morgan fingerprint density at radius 2 is 0.905 bits per heavy atom. The third-order valence-electron chi connectivity index (χ3n) is 1.83. The van der Waals surface area contributed by atoms with Crippen LogP contribution in [0.15, 0.2) is 0 Å². The van der Waals surface area contributed by atoms with E-state index in [0.29, 0.717) is 0 Å². The first-order valence-corrected chi connectivity index (χ1v) is 9.85. The fraction of sp³-hybridized carbons (Fsp3) is 1.00. The molecule has 0 aromatic rings. The molecule has 0 aliphatic heterocycles. The van der Waals surface area contributed by atoms with Gasteiger partial charge in [0, 0.05) is 0 Å². The van der Waals surface area contributed by atoms with Crippen molar-refractivity contribution in [3.05, 3.63) is 0 Å². The van der Waals surface area contributed by atoms with Crippen molar-refractivity contribution in [1.29, 1.82) is 0 Å². The van der Waals surface area contributed by atoms with Gasteiger partial charge in [0.25, 0.3) is 0 Å². The standard InChI is InChI=1S/C6H6Cl6.C2H8NP.FH2O3P/c7-1-2(8)4(10)6(12)5(11)3(1)9;1-3(2)4;1-5(2,3)4/h1-6H;4H2,1-2H3;(H2,2,3,4). The highest BCUT2D eigenvalue weighted by molar-refractivity contribution is 7.45. The maximum Gasteiger partial charge on any atom is 0.507 e. The lowest BCUT2D eigenvalue weighted by Crippen LogP contribution is -2.52. The van der Waals surface area contributed by atoms with Gasteiger partial charge in [0.15, 0.2) is 0 Å². The van der Waals surface area contributed by atoms with E-state index >= 15 is 0 Å². The van der Waals surface area contributed by atoms with Gasteiger partial charge in [-0.2, -0.15) is 0 Å². The predicted molar refractivity (Wildman–Crippen MR) is 94.4 cm³/mol. The number of halogens is 7. The zero-order valence-electron chi connectivity index (χ0n) is 10.9. The molecule has 1 fully saturated rings. The summed E-state index contributed by atoms with van der Waals surface area (Å²) in [6.07, 6.45) is 0. The average Bonchev–Trinajstić information content (AvgIpc) is 2.29. The van der Waals surface area contributed by atoms with E-state index in [1.807, 2.05) is 18.8 Å². The van der Waals surface area contributed by atoms with Crippen molar-refractivity contribution in [2.75, 3.05) is 14.1 Å². The Morgan fingerprint density at radius 1 is 0.857 bits per heavy atom. The molecule has 0 saturated heterocycles.